The Balaban J connectivity index is 2.01. The van der Waals surface area contributed by atoms with Crippen LogP contribution in [-0.4, -0.2) is 23.0 Å². The van der Waals surface area contributed by atoms with Crippen molar-refractivity contribution < 1.29 is 14.7 Å². The molecule has 21 heavy (non-hydrogen) atoms. The van der Waals surface area contributed by atoms with E-state index >= 15 is 0 Å². The van der Waals surface area contributed by atoms with Crippen molar-refractivity contribution >= 4 is 40.5 Å². The predicted molar refractivity (Wildman–Crippen MR) is 82.0 cm³/mol. The van der Waals surface area contributed by atoms with Gasteiger partial charge in [0, 0.05) is 23.0 Å². The fourth-order valence-corrected chi connectivity index (χ4v) is 3.56. The number of anilines is 1. The van der Waals surface area contributed by atoms with Crippen LogP contribution in [0, 0.1) is 0 Å². The van der Waals surface area contributed by atoms with Crippen molar-refractivity contribution in [2.45, 2.75) is 18.4 Å². The highest BCUT2D eigenvalue weighted by atomic mass is 35.5. The number of hydrogen-bond donors (Lipinski definition) is 1. The van der Waals surface area contributed by atoms with Gasteiger partial charge >= 0.3 is 5.97 Å². The fraction of sp³-hybridized carbons (Fsp3) is 0.200. The van der Waals surface area contributed by atoms with Gasteiger partial charge in [-0.05, 0) is 46.7 Å². The third-order valence-electron chi connectivity index (χ3n) is 3.65. The Hall–Kier alpha value is -1.85. The Bertz CT molecular complexity index is 669. The molecule has 1 aliphatic rings. The molecule has 2 atom stereocenters. The number of thiophene rings is 1. The van der Waals surface area contributed by atoms with Crippen molar-refractivity contribution in [1.82, 2.24) is 0 Å². The van der Waals surface area contributed by atoms with Crippen molar-refractivity contribution in [2.24, 2.45) is 0 Å². The number of carbonyl (C=O) groups is 2. The summed E-state index contributed by atoms with van der Waals surface area (Å²) in [5.41, 5.74) is 1.46. The molecule has 2 aromatic rings. The maximum atomic E-state index is 12.3. The largest absolute Gasteiger partial charge is 0.480 e. The minimum absolute atomic E-state index is 0.180. The molecule has 0 aliphatic carbocycles. The Labute approximate surface area is 130 Å². The van der Waals surface area contributed by atoms with Crippen LogP contribution in [0.15, 0.2) is 41.1 Å². The number of hydrogen-bond acceptors (Lipinski definition) is 3. The molecule has 3 rings (SSSR count). The van der Waals surface area contributed by atoms with Crippen molar-refractivity contribution in [3.63, 3.8) is 0 Å². The summed E-state index contributed by atoms with van der Waals surface area (Å²) in [6.07, 6.45) is 0.205. The summed E-state index contributed by atoms with van der Waals surface area (Å²) >= 11 is 7.35. The zero-order valence-electron chi connectivity index (χ0n) is 10.9. The lowest BCUT2D eigenvalue weighted by atomic mass is 9.94. The topological polar surface area (TPSA) is 57.6 Å². The zero-order valence-corrected chi connectivity index (χ0v) is 12.5. The van der Waals surface area contributed by atoms with E-state index in [-0.39, 0.29) is 18.2 Å². The molecule has 108 valence electrons. The molecule has 1 aromatic carbocycles. The van der Waals surface area contributed by atoms with Crippen LogP contribution in [0.4, 0.5) is 5.69 Å². The maximum absolute atomic E-state index is 12.3. The number of carbonyl (C=O) groups excluding carboxylic acids is 1. The lowest BCUT2D eigenvalue weighted by Crippen LogP contribution is -2.40. The van der Waals surface area contributed by atoms with E-state index in [0.717, 1.165) is 5.56 Å². The van der Waals surface area contributed by atoms with Gasteiger partial charge in [0.05, 0.1) is 0 Å². The Morgan fingerprint density at radius 3 is 2.57 bits per heavy atom. The van der Waals surface area contributed by atoms with Crippen LogP contribution in [0.25, 0.3) is 0 Å². The molecular formula is C15H12ClNO3S. The number of carboxylic acids is 1. The molecule has 1 aromatic heterocycles. The molecular weight excluding hydrogens is 310 g/mol. The van der Waals surface area contributed by atoms with Crippen molar-refractivity contribution in [3.8, 4) is 0 Å². The highest BCUT2D eigenvalue weighted by Gasteiger charge is 2.45. The Morgan fingerprint density at radius 2 is 2.00 bits per heavy atom. The van der Waals surface area contributed by atoms with Gasteiger partial charge in [0.15, 0.2) is 0 Å². The Morgan fingerprint density at radius 1 is 1.29 bits per heavy atom. The lowest BCUT2D eigenvalue weighted by molar-refractivity contribution is -0.139. The highest BCUT2D eigenvalue weighted by Crippen LogP contribution is 2.38. The second kappa shape index (κ2) is 5.50. The van der Waals surface area contributed by atoms with E-state index in [1.54, 1.807) is 24.3 Å². The van der Waals surface area contributed by atoms with Gasteiger partial charge in [-0.25, -0.2) is 4.79 Å². The van der Waals surface area contributed by atoms with Crippen molar-refractivity contribution in [3.05, 3.63) is 51.7 Å². The normalized spacial score (nSPS) is 21.8. The first-order valence-corrected chi connectivity index (χ1v) is 7.72. The van der Waals surface area contributed by atoms with E-state index in [1.807, 2.05) is 16.8 Å². The van der Waals surface area contributed by atoms with E-state index in [4.69, 9.17) is 11.6 Å². The first-order valence-electron chi connectivity index (χ1n) is 6.40. The van der Waals surface area contributed by atoms with Crippen molar-refractivity contribution in [2.75, 3.05) is 4.90 Å². The average Bonchev–Trinajstić information content (AvgIpc) is 3.06. The van der Waals surface area contributed by atoms with Gasteiger partial charge in [-0.15, -0.1) is 0 Å². The molecule has 6 heteroatoms. The average molecular weight is 322 g/mol. The number of aliphatic carboxylic acids is 1. The quantitative estimate of drug-likeness (QED) is 0.943. The second-order valence-corrected chi connectivity index (χ2v) is 6.11. The summed E-state index contributed by atoms with van der Waals surface area (Å²) in [4.78, 5) is 25.4. The minimum atomic E-state index is -0.994. The summed E-state index contributed by atoms with van der Waals surface area (Å²) < 4.78 is 0. The summed E-state index contributed by atoms with van der Waals surface area (Å²) in [5, 5.41) is 13.9. The van der Waals surface area contributed by atoms with E-state index in [2.05, 4.69) is 0 Å². The third-order valence-corrected chi connectivity index (χ3v) is 4.61. The molecule has 1 aliphatic heterocycles. The second-order valence-electron chi connectivity index (χ2n) is 4.89. The number of rotatable bonds is 3. The van der Waals surface area contributed by atoms with Gasteiger partial charge in [0.2, 0.25) is 5.91 Å². The van der Waals surface area contributed by atoms with Crippen LogP contribution in [0.5, 0.6) is 0 Å². The first-order chi connectivity index (χ1) is 10.1. The molecule has 0 spiro atoms. The van der Waals surface area contributed by atoms with E-state index in [9.17, 15) is 14.7 Å². The van der Waals surface area contributed by atoms with Gasteiger partial charge in [0.25, 0.3) is 0 Å². The molecule has 4 nitrogen and oxygen atoms in total. The molecule has 1 fully saturated rings. The molecule has 1 N–H and O–H groups in total. The monoisotopic (exact) mass is 321 g/mol. The number of benzene rings is 1. The zero-order chi connectivity index (χ0) is 15.0. The molecule has 1 saturated heterocycles. The Kier molecular flexibility index (Phi) is 3.69. The molecule has 2 heterocycles. The number of amides is 1. The van der Waals surface area contributed by atoms with Crippen LogP contribution in [0.2, 0.25) is 5.02 Å². The summed E-state index contributed by atoms with van der Waals surface area (Å²) in [6.45, 7) is 0. The van der Waals surface area contributed by atoms with Gasteiger partial charge in [-0.3, -0.25) is 9.69 Å². The summed E-state index contributed by atoms with van der Waals surface area (Å²) in [6, 6.07) is 7.65. The molecule has 0 radical (unpaired) electrons. The standard InChI is InChI=1S/C15H12ClNO3S/c16-10-1-3-11(4-2-10)17-13(18)7-12(14(17)15(19)20)9-5-6-21-8-9/h1-6,8,12,14H,7H2,(H,19,20)/t12-,14+/m0/s1. The highest BCUT2D eigenvalue weighted by molar-refractivity contribution is 7.08. The minimum Gasteiger partial charge on any atom is -0.480 e. The molecule has 0 saturated carbocycles. The number of nitrogens with zero attached hydrogens (tertiary/aromatic N) is 1. The smallest absolute Gasteiger partial charge is 0.327 e. The third kappa shape index (κ3) is 2.54. The van der Waals surface area contributed by atoms with Gasteiger partial charge in [-0.1, -0.05) is 11.6 Å². The van der Waals surface area contributed by atoms with Crippen LogP contribution < -0.4 is 4.90 Å². The van der Waals surface area contributed by atoms with E-state index in [0.29, 0.717) is 10.7 Å². The number of carboxylic acid groups (broad SMARTS) is 1. The lowest BCUT2D eigenvalue weighted by Gasteiger charge is -2.24. The molecule has 1 amide bonds. The predicted octanol–water partition coefficient (Wildman–Crippen LogP) is 3.38. The van der Waals surface area contributed by atoms with Crippen LogP contribution in [0.1, 0.15) is 17.9 Å². The maximum Gasteiger partial charge on any atom is 0.327 e. The van der Waals surface area contributed by atoms with Crippen LogP contribution >= 0.6 is 22.9 Å². The van der Waals surface area contributed by atoms with Gasteiger partial charge in [-0.2, -0.15) is 11.3 Å². The van der Waals surface area contributed by atoms with Gasteiger partial charge in [0.1, 0.15) is 6.04 Å². The fourth-order valence-electron chi connectivity index (χ4n) is 2.71. The van der Waals surface area contributed by atoms with Crippen LogP contribution in [0.3, 0.4) is 0 Å². The SMILES string of the molecule is O=C(O)[C@H]1[C@H](c2ccsc2)CC(=O)N1c1ccc(Cl)cc1. The summed E-state index contributed by atoms with van der Waals surface area (Å²) in [7, 11) is 0. The van der Waals surface area contributed by atoms with Gasteiger partial charge < -0.3 is 5.11 Å². The first kappa shape index (κ1) is 14.1. The molecule has 0 bridgehead atoms. The van der Waals surface area contributed by atoms with Crippen LogP contribution in [-0.2, 0) is 9.59 Å². The summed E-state index contributed by atoms with van der Waals surface area (Å²) in [5.74, 6) is -1.50. The van der Waals surface area contributed by atoms with E-state index < -0.39 is 12.0 Å². The van der Waals surface area contributed by atoms with Crippen molar-refractivity contribution in [1.29, 1.82) is 0 Å². The number of halogens is 1. The van der Waals surface area contributed by atoms with E-state index in [1.165, 1.54) is 16.2 Å². The molecule has 0 unspecified atom stereocenters.